The second-order valence-corrected chi connectivity index (χ2v) is 4.55. The topological polar surface area (TPSA) is 55.5 Å². The fourth-order valence-electron chi connectivity index (χ4n) is 1.87. The number of benzene rings is 1. The molecule has 18 heavy (non-hydrogen) atoms. The van der Waals surface area contributed by atoms with Crippen LogP contribution in [0.15, 0.2) is 18.2 Å². The Kier molecular flexibility index (Phi) is 3.38. The minimum atomic E-state index is -4.74. The Morgan fingerprint density at radius 3 is 2.61 bits per heavy atom. The standard InChI is InChI=1S/C12H14F3NO2/c13-12(14,15)18-8-3-4-11(17)9(6-8)10(16)5-7-1-2-7/h3-4,6-7,10,17H,1-2,5,16H2/t10-/m0/s1. The molecule has 6 heteroatoms. The molecule has 1 atom stereocenters. The van der Waals surface area contributed by atoms with E-state index in [1.165, 1.54) is 6.07 Å². The lowest BCUT2D eigenvalue weighted by Crippen LogP contribution is -2.18. The van der Waals surface area contributed by atoms with E-state index in [1.54, 1.807) is 0 Å². The number of alkyl halides is 3. The van der Waals surface area contributed by atoms with Crippen molar-refractivity contribution in [3.8, 4) is 11.5 Å². The van der Waals surface area contributed by atoms with Gasteiger partial charge >= 0.3 is 6.36 Å². The monoisotopic (exact) mass is 261 g/mol. The molecule has 2 rings (SSSR count). The molecule has 0 spiro atoms. The maximum Gasteiger partial charge on any atom is 0.573 e. The first-order valence-corrected chi connectivity index (χ1v) is 5.69. The van der Waals surface area contributed by atoms with Gasteiger partial charge in [0.1, 0.15) is 11.5 Å². The van der Waals surface area contributed by atoms with Crippen LogP contribution in [0.2, 0.25) is 0 Å². The van der Waals surface area contributed by atoms with E-state index in [0.717, 1.165) is 25.0 Å². The van der Waals surface area contributed by atoms with Crippen molar-refractivity contribution in [3.05, 3.63) is 23.8 Å². The smallest absolute Gasteiger partial charge is 0.508 e. The van der Waals surface area contributed by atoms with E-state index in [9.17, 15) is 18.3 Å². The molecule has 0 amide bonds. The zero-order chi connectivity index (χ0) is 13.3. The molecule has 1 fully saturated rings. The lowest BCUT2D eigenvalue weighted by Gasteiger charge is -2.15. The second kappa shape index (κ2) is 4.68. The van der Waals surface area contributed by atoms with E-state index < -0.39 is 12.4 Å². The largest absolute Gasteiger partial charge is 0.573 e. The number of ether oxygens (including phenoxy) is 1. The Balaban J connectivity index is 2.14. The predicted molar refractivity (Wildman–Crippen MR) is 59.1 cm³/mol. The molecule has 0 bridgehead atoms. The van der Waals surface area contributed by atoms with Gasteiger partial charge in [0.15, 0.2) is 0 Å². The molecule has 3 N–H and O–H groups in total. The number of nitrogens with two attached hydrogens (primary N) is 1. The Morgan fingerprint density at radius 1 is 1.39 bits per heavy atom. The van der Waals surface area contributed by atoms with Crippen LogP contribution in [0.3, 0.4) is 0 Å². The van der Waals surface area contributed by atoms with Crippen molar-refractivity contribution in [2.75, 3.05) is 0 Å². The summed E-state index contributed by atoms with van der Waals surface area (Å²) in [5.74, 6) is 0.0609. The van der Waals surface area contributed by atoms with E-state index in [0.29, 0.717) is 17.9 Å². The van der Waals surface area contributed by atoms with Crippen LogP contribution in [0, 0.1) is 5.92 Å². The van der Waals surface area contributed by atoms with Crippen molar-refractivity contribution in [3.63, 3.8) is 0 Å². The average Bonchev–Trinajstić information content (AvgIpc) is 3.02. The fraction of sp³-hybridized carbons (Fsp3) is 0.500. The second-order valence-electron chi connectivity index (χ2n) is 4.55. The van der Waals surface area contributed by atoms with E-state index in [2.05, 4.69) is 4.74 Å². The Labute approximate surface area is 102 Å². The lowest BCUT2D eigenvalue weighted by atomic mass is 10.0. The van der Waals surface area contributed by atoms with Gasteiger partial charge in [-0.1, -0.05) is 12.8 Å². The van der Waals surface area contributed by atoms with Crippen LogP contribution in [-0.4, -0.2) is 11.5 Å². The van der Waals surface area contributed by atoms with Gasteiger partial charge in [-0.05, 0) is 30.5 Å². The van der Waals surface area contributed by atoms with Gasteiger partial charge in [0.05, 0.1) is 0 Å². The summed E-state index contributed by atoms with van der Waals surface area (Å²) in [4.78, 5) is 0. The number of hydrogen-bond donors (Lipinski definition) is 2. The van der Waals surface area contributed by atoms with Crippen LogP contribution >= 0.6 is 0 Å². The third-order valence-electron chi connectivity index (χ3n) is 2.92. The maximum absolute atomic E-state index is 12.1. The molecule has 1 saturated carbocycles. The molecule has 3 nitrogen and oxygen atoms in total. The average molecular weight is 261 g/mol. The number of aromatic hydroxyl groups is 1. The maximum atomic E-state index is 12.1. The van der Waals surface area contributed by atoms with Gasteiger partial charge in [0.2, 0.25) is 0 Å². The summed E-state index contributed by atoms with van der Waals surface area (Å²) in [6, 6.07) is 2.92. The molecule has 0 aromatic heterocycles. The van der Waals surface area contributed by atoms with Crippen LogP contribution < -0.4 is 10.5 Å². The van der Waals surface area contributed by atoms with E-state index in [-0.39, 0.29) is 11.5 Å². The first-order valence-electron chi connectivity index (χ1n) is 5.69. The van der Waals surface area contributed by atoms with Crippen LogP contribution in [0.4, 0.5) is 13.2 Å². The predicted octanol–water partition coefficient (Wildman–Crippen LogP) is 3.09. The summed E-state index contributed by atoms with van der Waals surface area (Å²) in [7, 11) is 0. The van der Waals surface area contributed by atoms with Crippen molar-refractivity contribution >= 4 is 0 Å². The number of halogens is 3. The van der Waals surface area contributed by atoms with Crippen molar-refractivity contribution in [1.82, 2.24) is 0 Å². The van der Waals surface area contributed by atoms with E-state index >= 15 is 0 Å². The van der Waals surface area contributed by atoms with Crippen molar-refractivity contribution < 1.29 is 23.0 Å². The number of rotatable bonds is 4. The fourth-order valence-corrected chi connectivity index (χ4v) is 1.87. The zero-order valence-corrected chi connectivity index (χ0v) is 9.57. The van der Waals surface area contributed by atoms with Crippen molar-refractivity contribution in [2.45, 2.75) is 31.7 Å². The minimum absolute atomic E-state index is 0.0994. The van der Waals surface area contributed by atoms with Gasteiger partial charge in [-0.2, -0.15) is 0 Å². The highest BCUT2D eigenvalue weighted by atomic mass is 19.4. The molecular weight excluding hydrogens is 247 g/mol. The molecule has 0 saturated heterocycles. The molecule has 1 aromatic rings. The lowest BCUT2D eigenvalue weighted by molar-refractivity contribution is -0.274. The molecule has 100 valence electrons. The summed E-state index contributed by atoms with van der Waals surface area (Å²) in [6.45, 7) is 0. The Hall–Kier alpha value is -1.43. The van der Waals surface area contributed by atoms with Gasteiger partial charge in [-0.3, -0.25) is 0 Å². The van der Waals surface area contributed by atoms with Crippen molar-refractivity contribution in [1.29, 1.82) is 0 Å². The van der Waals surface area contributed by atoms with Gasteiger partial charge in [-0.15, -0.1) is 13.2 Å². The summed E-state index contributed by atoms with van der Waals surface area (Å²) in [5.41, 5.74) is 6.17. The molecule has 1 aromatic carbocycles. The van der Waals surface area contributed by atoms with Crippen LogP contribution in [0.5, 0.6) is 11.5 Å². The number of hydrogen-bond acceptors (Lipinski definition) is 3. The Bertz CT molecular complexity index is 430. The Morgan fingerprint density at radius 2 is 2.06 bits per heavy atom. The molecule has 0 heterocycles. The molecular formula is C12H14F3NO2. The normalized spacial score (nSPS) is 17.6. The van der Waals surface area contributed by atoms with Crippen LogP contribution in [0.1, 0.15) is 30.9 Å². The highest BCUT2D eigenvalue weighted by Crippen LogP contribution is 2.39. The van der Waals surface area contributed by atoms with Crippen molar-refractivity contribution in [2.24, 2.45) is 11.7 Å². The van der Waals surface area contributed by atoms with Crippen LogP contribution in [0.25, 0.3) is 0 Å². The SMILES string of the molecule is N[C@@H](CC1CC1)c1cc(OC(F)(F)F)ccc1O. The minimum Gasteiger partial charge on any atom is -0.508 e. The summed E-state index contributed by atoms with van der Waals surface area (Å²) in [5, 5.41) is 9.62. The van der Waals surface area contributed by atoms with E-state index in [1.807, 2.05) is 0 Å². The molecule has 0 aliphatic heterocycles. The first kappa shape index (κ1) is 13.0. The number of phenolic OH excluding ortho intramolecular Hbond substituents is 1. The molecule has 0 unspecified atom stereocenters. The molecule has 0 radical (unpaired) electrons. The highest BCUT2D eigenvalue weighted by molar-refractivity contribution is 5.41. The molecule has 1 aliphatic rings. The van der Waals surface area contributed by atoms with E-state index in [4.69, 9.17) is 5.73 Å². The highest BCUT2D eigenvalue weighted by Gasteiger charge is 2.32. The zero-order valence-electron chi connectivity index (χ0n) is 9.57. The summed E-state index contributed by atoms with van der Waals surface area (Å²) in [6.07, 6.45) is -1.89. The van der Waals surface area contributed by atoms with Gasteiger partial charge in [0, 0.05) is 11.6 Å². The first-order chi connectivity index (χ1) is 8.35. The third-order valence-corrected chi connectivity index (χ3v) is 2.92. The number of phenols is 1. The van der Waals surface area contributed by atoms with Gasteiger partial charge < -0.3 is 15.6 Å². The third kappa shape index (κ3) is 3.53. The van der Waals surface area contributed by atoms with Gasteiger partial charge in [0.25, 0.3) is 0 Å². The van der Waals surface area contributed by atoms with Gasteiger partial charge in [-0.25, -0.2) is 0 Å². The quantitative estimate of drug-likeness (QED) is 0.875. The summed E-state index contributed by atoms with van der Waals surface area (Å²) >= 11 is 0. The van der Waals surface area contributed by atoms with Crippen LogP contribution in [-0.2, 0) is 0 Å². The molecule has 1 aliphatic carbocycles. The summed E-state index contributed by atoms with van der Waals surface area (Å²) < 4.78 is 40.0.